The van der Waals surface area contributed by atoms with Crippen molar-refractivity contribution in [3.05, 3.63) is 59.8 Å². The van der Waals surface area contributed by atoms with Crippen LogP contribution in [0.5, 0.6) is 0 Å². The fourth-order valence-corrected chi connectivity index (χ4v) is 4.75. The van der Waals surface area contributed by atoms with Crippen LogP contribution in [-0.4, -0.2) is 43.0 Å². The third kappa shape index (κ3) is 3.12. The van der Waals surface area contributed by atoms with Crippen LogP contribution in [0.25, 0.3) is 10.9 Å². The molecule has 1 fully saturated rings. The summed E-state index contributed by atoms with van der Waals surface area (Å²) in [6.45, 7) is 1.45. The highest BCUT2D eigenvalue weighted by molar-refractivity contribution is 6.07. The predicted molar refractivity (Wildman–Crippen MR) is 119 cm³/mol. The zero-order chi connectivity index (χ0) is 20.7. The molecule has 2 aliphatic heterocycles. The molecule has 0 spiro atoms. The number of fused-ring (bicyclic) bond motifs is 4. The van der Waals surface area contributed by atoms with E-state index in [0.29, 0.717) is 12.1 Å². The van der Waals surface area contributed by atoms with Gasteiger partial charge in [0.2, 0.25) is 5.91 Å². The van der Waals surface area contributed by atoms with E-state index in [2.05, 4.69) is 27.3 Å². The fraction of sp³-hybridized carbons (Fsp3) is 0.333. The van der Waals surface area contributed by atoms with Crippen molar-refractivity contribution in [3.8, 4) is 0 Å². The maximum absolute atomic E-state index is 12.8. The number of para-hydroxylation sites is 1. The number of H-pyrrole nitrogens is 1. The zero-order valence-electron chi connectivity index (χ0n) is 17.1. The smallest absolute Gasteiger partial charge is 0.251 e. The summed E-state index contributed by atoms with van der Waals surface area (Å²) in [5.74, 6) is 0.0124. The molecule has 3 heterocycles. The van der Waals surface area contributed by atoms with Gasteiger partial charge in [-0.1, -0.05) is 18.2 Å². The van der Waals surface area contributed by atoms with Crippen LogP contribution in [0.1, 0.15) is 35.2 Å². The Balaban J connectivity index is 1.30. The summed E-state index contributed by atoms with van der Waals surface area (Å²) in [5, 5.41) is 4.21. The first-order valence-electron chi connectivity index (χ1n) is 10.6. The lowest BCUT2D eigenvalue weighted by atomic mass is 9.96. The van der Waals surface area contributed by atoms with Crippen LogP contribution >= 0.6 is 0 Å². The highest BCUT2D eigenvalue weighted by Crippen LogP contribution is 2.39. The van der Waals surface area contributed by atoms with E-state index < -0.39 is 0 Å². The van der Waals surface area contributed by atoms with Gasteiger partial charge >= 0.3 is 0 Å². The second-order valence-electron chi connectivity index (χ2n) is 8.17. The first-order chi connectivity index (χ1) is 14.6. The molecule has 0 saturated carbocycles. The summed E-state index contributed by atoms with van der Waals surface area (Å²) in [6.07, 6.45) is 5.86. The van der Waals surface area contributed by atoms with Crippen LogP contribution in [0.3, 0.4) is 0 Å². The lowest BCUT2D eigenvalue weighted by Gasteiger charge is -2.44. The Morgan fingerprint density at radius 3 is 2.93 bits per heavy atom. The summed E-state index contributed by atoms with van der Waals surface area (Å²) < 4.78 is 0. The molecule has 1 saturated heterocycles. The first-order valence-corrected chi connectivity index (χ1v) is 10.6. The number of carbonyl (C=O) groups is 2. The van der Waals surface area contributed by atoms with Crippen LogP contribution in [0, 0.1) is 0 Å². The number of piperidine rings is 1. The SMILES string of the molecule is CN1C(=O)[C@H]2CCCCN2c2ccc(C(=O)NCCc3c[nH]c4ccccc34)cc21. The van der Waals surface area contributed by atoms with E-state index in [9.17, 15) is 9.59 Å². The number of carbonyl (C=O) groups excluding carboxylic acids is 2. The van der Waals surface area contributed by atoms with Crippen molar-refractivity contribution < 1.29 is 9.59 Å². The zero-order valence-corrected chi connectivity index (χ0v) is 17.1. The lowest BCUT2D eigenvalue weighted by Crippen LogP contribution is -2.54. The van der Waals surface area contributed by atoms with Gasteiger partial charge < -0.3 is 20.1 Å². The van der Waals surface area contributed by atoms with Crippen molar-refractivity contribution in [1.29, 1.82) is 0 Å². The van der Waals surface area contributed by atoms with Crippen LogP contribution in [0.2, 0.25) is 0 Å². The van der Waals surface area contributed by atoms with Gasteiger partial charge in [-0.2, -0.15) is 0 Å². The maximum Gasteiger partial charge on any atom is 0.251 e. The van der Waals surface area contributed by atoms with Crippen LogP contribution in [-0.2, 0) is 11.2 Å². The molecule has 1 atom stereocenters. The van der Waals surface area contributed by atoms with Crippen molar-refractivity contribution in [2.24, 2.45) is 0 Å². The van der Waals surface area contributed by atoms with E-state index >= 15 is 0 Å². The molecule has 0 unspecified atom stereocenters. The monoisotopic (exact) mass is 402 g/mol. The van der Waals surface area contributed by atoms with E-state index in [1.54, 1.807) is 4.90 Å². The van der Waals surface area contributed by atoms with Gasteiger partial charge in [0.25, 0.3) is 5.91 Å². The number of anilines is 2. The van der Waals surface area contributed by atoms with Gasteiger partial charge in [-0.3, -0.25) is 9.59 Å². The molecule has 6 nitrogen and oxygen atoms in total. The van der Waals surface area contributed by atoms with E-state index in [-0.39, 0.29) is 17.9 Å². The molecule has 1 aromatic heterocycles. The molecular formula is C24H26N4O2. The van der Waals surface area contributed by atoms with Gasteiger partial charge in [-0.05, 0) is 55.5 Å². The van der Waals surface area contributed by atoms with Crippen LogP contribution in [0.15, 0.2) is 48.7 Å². The van der Waals surface area contributed by atoms with Gasteiger partial charge in [0.1, 0.15) is 6.04 Å². The van der Waals surface area contributed by atoms with E-state index in [1.807, 2.05) is 43.6 Å². The minimum Gasteiger partial charge on any atom is -0.361 e. The number of rotatable bonds is 4. The largest absolute Gasteiger partial charge is 0.361 e. The number of hydrogen-bond acceptors (Lipinski definition) is 3. The summed E-state index contributed by atoms with van der Waals surface area (Å²) in [7, 11) is 1.81. The van der Waals surface area contributed by atoms with Gasteiger partial charge in [0.05, 0.1) is 11.4 Å². The normalized spacial score (nSPS) is 18.3. The van der Waals surface area contributed by atoms with Gasteiger partial charge in [-0.25, -0.2) is 0 Å². The third-order valence-electron chi connectivity index (χ3n) is 6.38. The molecular weight excluding hydrogens is 376 g/mol. The van der Waals surface area contributed by atoms with E-state index in [0.717, 1.165) is 49.1 Å². The second kappa shape index (κ2) is 7.52. The van der Waals surface area contributed by atoms with Crippen molar-refractivity contribution in [2.75, 3.05) is 29.9 Å². The molecule has 2 N–H and O–H groups in total. The average Bonchev–Trinajstić information content (AvgIpc) is 3.20. The topological polar surface area (TPSA) is 68.4 Å². The van der Waals surface area contributed by atoms with Crippen LogP contribution in [0.4, 0.5) is 11.4 Å². The highest BCUT2D eigenvalue weighted by atomic mass is 16.2. The number of aromatic amines is 1. The Hall–Kier alpha value is -3.28. The van der Waals surface area contributed by atoms with Gasteiger partial charge in [0, 0.05) is 42.8 Å². The molecule has 6 heteroatoms. The third-order valence-corrected chi connectivity index (χ3v) is 6.38. The number of benzene rings is 2. The van der Waals surface area contributed by atoms with Gasteiger partial charge in [-0.15, -0.1) is 0 Å². The maximum atomic E-state index is 12.8. The minimum atomic E-state index is -0.112. The van der Waals surface area contributed by atoms with Crippen molar-refractivity contribution in [2.45, 2.75) is 31.7 Å². The Morgan fingerprint density at radius 2 is 2.03 bits per heavy atom. The molecule has 0 aliphatic carbocycles. The number of likely N-dealkylation sites (N-methyl/N-ethyl adjacent to an activating group) is 1. The molecule has 2 aromatic carbocycles. The van der Waals surface area contributed by atoms with Crippen molar-refractivity contribution in [3.63, 3.8) is 0 Å². The number of aromatic nitrogens is 1. The Bertz CT molecular complexity index is 1120. The predicted octanol–water partition coefficient (Wildman–Crippen LogP) is 3.48. The van der Waals surface area contributed by atoms with Crippen LogP contribution < -0.4 is 15.1 Å². The standard InChI is InChI=1S/C24H26N4O2/c1-27-22-14-16(9-10-20(22)28-13-5-4-8-21(28)24(27)30)23(29)25-12-11-17-15-26-19-7-3-2-6-18(17)19/h2-3,6-7,9-10,14-15,21,26H,4-5,8,11-13H2,1H3,(H,25,29)/t21-/m1/s1. The molecule has 30 heavy (non-hydrogen) atoms. The summed E-state index contributed by atoms with van der Waals surface area (Å²) in [5.41, 5.74) is 4.76. The average molecular weight is 402 g/mol. The lowest BCUT2D eigenvalue weighted by molar-refractivity contribution is -0.120. The van der Waals surface area contributed by atoms with Gasteiger partial charge in [0.15, 0.2) is 0 Å². The number of hydrogen-bond donors (Lipinski definition) is 2. The molecule has 154 valence electrons. The summed E-state index contributed by atoms with van der Waals surface area (Å²) in [6, 6.07) is 13.8. The number of amides is 2. The van der Waals surface area contributed by atoms with Crippen molar-refractivity contribution >= 4 is 34.1 Å². The summed E-state index contributed by atoms with van der Waals surface area (Å²) >= 11 is 0. The fourth-order valence-electron chi connectivity index (χ4n) is 4.75. The van der Waals surface area contributed by atoms with Crippen molar-refractivity contribution in [1.82, 2.24) is 10.3 Å². The first kappa shape index (κ1) is 18.7. The minimum absolute atomic E-state index is 0.0629. The van der Waals surface area contributed by atoms with E-state index in [4.69, 9.17) is 0 Å². The molecule has 2 amide bonds. The molecule has 2 aliphatic rings. The quantitative estimate of drug-likeness (QED) is 0.702. The highest BCUT2D eigenvalue weighted by Gasteiger charge is 2.37. The Morgan fingerprint density at radius 1 is 1.17 bits per heavy atom. The molecule has 0 radical (unpaired) electrons. The Kier molecular flexibility index (Phi) is 4.69. The van der Waals surface area contributed by atoms with E-state index in [1.165, 1.54) is 10.9 Å². The second-order valence-corrected chi connectivity index (χ2v) is 8.17. The molecule has 3 aromatic rings. The number of nitrogens with zero attached hydrogens (tertiary/aromatic N) is 2. The molecule has 0 bridgehead atoms. The number of nitrogens with one attached hydrogen (secondary N) is 2. The Labute approximate surface area is 175 Å². The molecule has 5 rings (SSSR count). The summed E-state index contributed by atoms with van der Waals surface area (Å²) in [4.78, 5) is 32.7.